The van der Waals surface area contributed by atoms with Crippen LogP contribution in [0.4, 0.5) is 5.69 Å². The van der Waals surface area contributed by atoms with Gasteiger partial charge >= 0.3 is 0 Å². The van der Waals surface area contributed by atoms with Gasteiger partial charge in [-0.25, -0.2) is 0 Å². The van der Waals surface area contributed by atoms with Crippen molar-refractivity contribution in [2.75, 3.05) is 5.32 Å². The van der Waals surface area contributed by atoms with E-state index in [0.717, 1.165) is 34.0 Å². The van der Waals surface area contributed by atoms with Gasteiger partial charge in [-0.2, -0.15) is 0 Å². The lowest BCUT2D eigenvalue weighted by atomic mass is 10.0. The van der Waals surface area contributed by atoms with Crippen molar-refractivity contribution in [3.8, 4) is 0 Å². The molecule has 2 aliphatic rings. The van der Waals surface area contributed by atoms with Gasteiger partial charge in [0.25, 0.3) is 0 Å². The van der Waals surface area contributed by atoms with Crippen LogP contribution in [0.5, 0.6) is 0 Å². The number of benzene rings is 1. The molecule has 20 heavy (non-hydrogen) atoms. The van der Waals surface area contributed by atoms with E-state index in [1.165, 1.54) is 25.7 Å². The van der Waals surface area contributed by atoms with Gasteiger partial charge in [0.15, 0.2) is 0 Å². The van der Waals surface area contributed by atoms with Crippen LogP contribution >= 0.6 is 0 Å². The zero-order chi connectivity index (χ0) is 13.5. The number of nitrogens with zero attached hydrogens (tertiary/aromatic N) is 1. The summed E-state index contributed by atoms with van der Waals surface area (Å²) in [6.07, 6.45) is 7.22. The Morgan fingerprint density at radius 1 is 1.15 bits per heavy atom. The molecule has 2 N–H and O–H groups in total. The minimum atomic E-state index is 0.0439. The first kappa shape index (κ1) is 12.2. The number of nitrogens with one attached hydrogen (secondary N) is 1. The minimum Gasteiger partial charge on any atom is -0.392 e. The van der Waals surface area contributed by atoms with E-state index in [9.17, 15) is 5.11 Å². The minimum absolute atomic E-state index is 0.0439. The molecule has 0 bridgehead atoms. The number of aliphatic hydroxyl groups excluding tert-OH is 1. The number of para-hydroxylation sites is 1. The van der Waals surface area contributed by atoms with Gasteiger partial charge in [-0.3, -0.25) is 4.98 Å². The van der Waals surface area contributed by atoms with Crippen LogP contribution in [0.3, 0.4) is 0 Å². The molecule has 0 aliphatic heterocycles. The highest BCUT2D eigenvalue weighted by Gasteiger charge is 2.41. The quantitative estimate of drug-likeness (QED) is 0.874. The van der Waals surface area contributed by atoms with Gasteiger partial charge < -0.3 is 10.4 Å². The number of aromatic nitrogens is 1. The monoisotopic (exact) mass is 268 g/mol. The molecule has 1 heterocycles. The largest absolute Gasteiger partial charge is 0.392 e. The van der Waals surface area contributed by atoms with Crippen LogP contribution in [0, 0.1) is 11.8 Å². The third-order valence-electron chi connectivity index (χ3n) is 4.60. The van der Waals surface area contributed by atoms with Crippen molar-refractivity contribution in [2.45, 2.75) is 38.3 Å². The molecular formula is C17H20N2O. The summed E-state index contributed by atoms with van der Waals surface area (Å²) in [5.74, 6) is 1.67. The molecule has 0 spiro atoms. The Hall–Kier alpha value is -1.61. The molecule has 2 saturated carbocycles. The maximum atomic E-state index is 9.62. The first-order valence-corrected chi connectivity index (χ1v) is 7.61. The van der Waals surface area contributed by atoms with Gasteiger partial charge in [0, 0.05) is 23.2 Å². The summed E-state index contributed by atoms with van der Waals surface area (Å²) in [6, 6.07) is 8.77. The van der Waals surface area contributed by atoms with Crippen molar-refractivity contribution in [3.05, 3.63) is 36.0 Å². The molecule has 1 aromatic carbocycles. The fourth-order valence-electron chi connectivity index (χ4n) is 3.17. The predicted octanol–water partition coefficient (Wildman–Crippen LogP) is 3.33. The third kappa shape index (κ3) is 2.16. The van der Waals surface area contributed by atoms with E-state index >= 15 is 0 Å². The van der Waals surface area contributed by atoms with E-state index in [-0.39, 0.29) is 6.61 Å². The molecule has 4 rings (SSSR count). The molecule has 1 aromatic heterocycles. The average molecular weight is 268 g/mol. The molecule has 3 heteroatoms. The van der Waals surface area contributed by atoms with E-state index in [2.05, 4.69) is 16.4 Å². The second kappa shape index (κ2) is 4.74. The van der Waals surface area contributed by atoms with Crippen molar-refractivity contribution in [1.29, 1.82) is 0 Å². The summed E-state index contributed by atoms with van der Waals surface area (Å²) in [5, 5.41) is 14.5. The third-order valence-corrected chi connectivity index (χ3v) is 4.60. The number of rotatable bonds is 5. The summed E-state index contributed by atoms with van der Waals surface area (Å²) in [4.78, 5) is 4.44. The second-order valence-corrected chi connectivity index (χ2v) is 6.18. The number of aliphatic hydroxyl groups is 1. The van der Waals surface area contributed by atoms with Crippen LogP contribution < -0.4 is 5.32 Å². The molecule has 0 amide bonds. The lowest BCUT2D eigenvalue weighted by Gasteiger charge is -2.22. The molecule has 0 radical (unpaired) electrons. The highest BCUT2D eigenvalue weighted by Crippen LogP contribution is 2.46. The van der Waals surface area contributed by atoms with Crippen molar-refractivity contribution in [3.63, 3.8) is 0 Å². The van der Waals surface area contributed by atoms with Gasteiger partial charge in [0.2, 0.25) is 0 Å². The summed E-state index contributed by atoms with van der Waals surface area (Å²) < 4.78 is 0. The van der Waals surface area contributed by atoms with Crippen molar-refractivity contribution in [1.82, 2.24) is 4.98 Å². The molecule has 3 nitrogen and oxygen atoms in total. The lowest BCUT2D eigenvalue weighted by Crippen LogP contribution is -2.25. The molecule has 0 unspecified atom stereocenters. The Bertz CT molecular complexity index is 620. The van der Waals surface area contributed by atoms with Crippen LogP contribution in [0.1, 0.15) is 31.2 Å². The standard InChI is InChI=1S/C17H20N2O/c20-10-13-9-18-15-4-2-1-3-14(15)17(13)19-16(11-5-6-11)12-7-8-12/h1-4,9,11-12,16,20H,5-8,10H2,(H,18,19). The molecule has 0 saturated heterocycles. The first-order chi connectivity index (χ1) is 9.86. The van der Waals surface area contributed by atoms with Gasteiger partial charge in [-0.15, -0.1) is 0 Å². The molecule has 104 valence electrons. The normalized spacial score (nSPS) is 18.7. The number of anilines is 1. The van der Waals surface area contributed by atoms with Gasteiger partial charge in [-0.1, -0.05) is 18.2 Å². The highest BCUT2D eigenvalue weighted by atomic mass is 16.3. The fourth-order valence-corrected chi connectivity index (χ4v) is 3.17. The topological polar surface area (TPSA) is 45.2 Å². The van der Waals surface area contributed by atoms with Crippen molar-refractivity contribution < 1.29 is 5.11 Å². The van der Waals surface area contributed by atoms with E-state index < -0.39 is 0 Å². The summed E-state index contributed by atoms with van der Waals surface area (Å²) >= 11 is 0. The smallest absolute Gasteiger partial charge is 0.0722 e. The molecular weight excluding hydrogens is 248 g/mol. The van der Waals surface area contributed by atoms with Gasteiger partial charge in [0.1, 0.15) is 0 Å². The van der Waals surface area contributed by atoms with Crippen LogP contribution in [0.15, 0.2) is 30.5 Å². The van der Waals surface area contributed by atoms with E-state index in [4.69, 9.17) is 0 Å². The Morgan fingerprint density at radius 3 is 2.50 bits per heavy atom. The molecule has 2 fully saturated rings. The number of pyridine rings is 1. The van der Waals surface area contributed by atoms with Crippen LogP contribution in [-0.4, -0.2) is 16.1 Å². The lowest BCUT2D eigenvalue weighted by molar-refractivity contribution is 0.282. The van der Waals surface area contributed by atoms with Crippen LogP contribution in [0.2, 0.25) is 0 Å². The second-order valence-electron chi connectivity index (χ2n) is 6.18. The average Bonchev–Trinajstić information content (AvgIpc) is 3.38. The van der Waals surface area contributed by atoms with Gasteiger partial charge in [0.05, 0.1) is 17.8 Å². The number of fused-ring (bicyclic) bond motifs is 1. The summed E-state index contributed by atoms with van der Waals surface area (Å²) in [7, 11) is 0. The van der Waals surface area contributed by atoms with Gasteiger partial charge in [-0.05, 0) is 43.6 Å². The maximum Gasteiger partial charge on any atom is 0.0722 e. The van der Waals surface area contributed by atoms with Crippen LogP contribution in [0.25, 0.3) is 10.9 Å². The SMILES string of the molecule is OCc1cnc2ccccc2c1NC(C1CC1)C1CC1. The first-order valence-electron chi connectivity index (χ1n) is 7.61. The van der Waals surface area contributed by atoms with Crippen LogP contribution in [-0.2, 0) is 6.61 Å². The summed E-state index contributed by atoms with van der Waals surface area (Å²) in [6.45, 7) is 0.0439. The summed E-state index contributed by atoms with van der Waals surface area (Å²) in [5.41, 5.74) is 3.01. The Labute approximate surface area is 119 Å². The van der Waals surface area contributed by atoms with E-state index in [0.29, 0.717) is 6.04 Å². The fraction of sp³-hybridized carbons (Fsp3) is 0.471. The maximum absolute atomic E-state index is 9.62. The number of hydrogen-bond donors (Lipinski definition) is 2. The Kier molecular flexibility index (Phi) is 2.88. The molecule has 2 aliphatic carbocycles. The Morgan fingerprint density at radius 2 is 1.85 bits per heavy atom. The zero-order valence-electron chi connectivity index (χ0n) is 11.5. The molecule has 2 aromatic rings. The predicted molar refractivity (Wildman–Crippen MR) is 80.5 cm³/mol. The van der Waals surface area contributed by atoms with Crippen molar-refractivity contribution >= 4 is 16.6 Å². The van der Waals surface area contributed by atoms with E-state index in [1.54, 1.807) is 0 Å². The van der Waals surface area contributed by atoms with Crippen molar-refractivity contribution in [2.24, 2.45) is 11.8 Å². The van der Waals surface area contributed by atoms with E-state index in [1.807, 2.05) is 24.4 Å². The highest BCUT2D eigenvalue weighted by molar-refractivity contribution is 5.92. The zero-order valence-corrected chi connectivity index (χ0v) is 11.5. The Balaban J connectivity index is 1.76. The molecule has 0 atom stereocenters. The number of hydrogen-bond acceptors (Lipinski definition) is 3.